The van der Waals surface area contributed by atoms with Crippen LogP contribution in [-0.4, -0.2) is 29.1 Å². The van der Waals surface area contributed by atoms with Gasteiger partial charge in [-0.05, 0) is 64.5 Å². The maximum Gasteiger partial charge on any atom is 0.307 e. The van der Waals surface area contributed by atoms with Gasteiger partial charge in [-0.1, -0.05) is 38.1 Å². The molecule has 1 N–H and O–H groups in total. The van der Waals surface area contributed by atoms with Crippen LogP contribution in [0.3, 0.4) is 0 Å². The molecule has 5 heteroatoms. The van der Waals surface area contributed by atoms with Crippen LogP contribution >= 0.6 is 27.3 Å². The molecule has 2 atom stereocenters. The Balaban J connectivity index is 1.94. The van der Waals surface area contributed by atoms with E-state index in [1.165, 1.54) is 16.0 Å². The Morgan fingerprint density at radius 3 is 2.44 bits per heavy atom. The third-order valence-corrected chi connectivity index (χ3v) is 6.63. The highest BCUT2D eigenvalue weighted by atomic mass is 79.9. The van der Waals surface area contributed by atoms with Crippen LogP contribution in [0.5, 0.6) is 0 Å². The van der Waals surface area contributed by atoms with Crippen LogP contribution in [0.4, 0.5) is 0 Å². The van der Waals surface area contributed by atoms with Gasteiger partial charge in [-0.15, -0.1) is 11.3 Å². The lowest BCUT2D eigenvalue weighted by Gasteiger charge is -2.37. The largest absolute Gasteiger partial charge is 0.481 e. The standard InChI is InChI=1S/C20H24BrNO2S/c1-13(2)14-5-7-15(8-6-14)19(17-9-10-18(21)25-17)22-11-3-4-16(12-22)20(23)24/h5-10,13,16,19H,3-4,11-12H2,1-2H3,(H,23,24). The Kier molecular flexibility index (Phi) is 5.97. The topological polar surface area (TPSA) is 40.5 Å². The van der Waals surface area contributed by atoms with Gasteiger partial charge in [-0.3, -0.25) is 9.69 Å². The summed E-state index contributed by atoms with van der Waals surface area (Å²) in [5, 5.41) is 9.45. The summed E-state index contributed by atoms with van der Waals surface area (Å²) in [7, 11) is 0. The van der Waals surface area contributed by atoms with Crippen molar-refractivity contribution in [3.8, 4) is 0 Å². The average Bonchev–Trinajstić information content (AvgIpc) is 3.02. The summed E-state index contributed by atoms with van der Waals surface area (Å²) >= 11 is 5.30. The van der Waals surface area contributed by atoms with Crippen LogP contribution in [-0.2, 0) is 4.79 Å². The molecule has 2 unspecified atom stereocenters. The number of carboxylic acids is 1. The molecular formula is C20H24BrNO2S. The summed E-state index contributed by atoms with van der Waals surface area (Å²) in [6, 6.07) is 13.2. The maximum absolute atomic E-state index is 11.5. The van der Waals surface area contributed by atoms with Gasteiger partial charge >= 0.3 is 5.97 Å². The molecule has 134 valence electrons. The Hall–Kier alpha value is -1.17. The first-order valence-electron chi connectivity index (χ1n) is 8.77. The first kappa shape index (κ1) is 18.6. The zero-order chi connectivity index (χ0) is 18.0. The minimum Gasteiger partial charge on any atom is -0.481 e. The molecule has 0 spiro atoms. The van der Waals surface area contributed by atoms with Gasteiger partial charge in [0.15, 0.2) is 0 Å². The van der Waals surface area contributed by atoms with Gasteiger partial charge in [0.1, 0.15) is 0 Å². The lowest BCUT2D eigenvalue weighted by molar-refractivity contribution is -0.143. The number of rotatable bonds is 5. The number of likely N-dealkylation sites (tertiary alicyclic amines) is 1. The van der Waals surface area contributed by atoms with E-state index in [-0.39, 0.29) is 12.0 Å². The second-order valence-corrected chi connectivity index (χ2v) is 9.53. The fraction of sp³-hybridized carbons (Fsp3) is 0.450. The second-order valence-electron chi connectivity index (χ2n) is 7.04. The van der Waals surface area contributed by atoms with Crippen molar-refractivity contribution < 1.29 is 9.90 Å². The highest BCUT2D eigenvalue weighted by molar-refractivity contribution is 9.11. The van der Waals surface area contributed by atoms with Gasteiger partial charge in [0, 0.05) is 11.4 Å². The lowest BCUT2D eigenvalue weighted by atomic mass is 9.93. The Morgan fingerprint density at radius 2 is 1.88 bits per heavy atom. The van der Waals surface area contributed by atoms with E-state index in [4.69, 9.17) is 0 Å². The van der Waals surface area contributed by atoms with E-state index in [2.05, 4.69) is 71.1 Å². The summed E-state index contributed by atoms with van der Waals surface area (Å²) < 4.78 is 1.11. The minimum absolute atomic E-state index is 0.125. The minimum atomic E-state index is -0.675. The number of piperidine rings is 1. The van der Waals surface area contributed by atoms with Gasteiger partial charge in [0.05, 0.1) is 15.7 Å². The maximum atomic E-state index is 11.5. The smallest absolute Gasteiger partial charge is 0.307 e. The van der Waals surface area contributed by atoms with E-state index in [9.17, 15) is 9.90 Å². The molecule has 1 aromatic heterocycles. The zero-order valence-electron chi connectivity index (χ0n) is 14.6. The molecular weight excluding hydrogens is 398 g/mol. The van der Waals surface area contributed by atoms with Gasteiger partial charge in [0.25, 0.3) is 0 Å². The Bertz CT molecular complexity index is 726. The quantitative estimate of drug-likeness (QED) is 0.690. The summed E-state index contributed by atoms with van der Waals surface area (Å²) in [4.78, 5) is 15.1. The van der Waals surface area contributed by atoms with Crippen molar-refractivity contribution in [2.45, 2.75) is 38.6 Å². The number of carboxylic acid groups (broad SMARTS) is 1. The van der Waals surface area contributed by atoms with Crippen LogP contribution in [0.25, 0.3) is 0 Å². The van der Waals surface area contributed by atoms with Crippen LogP contribution < -0.4 is 0 Å². The van der Waals surface area contributed by atoms with E-state index < -0.39 is 5.97 Å². The second kappa shape index (κ2) is 8.02. The third kappa shape index (κ3) is 4.33. The van der Waals surface area contributed by atoms with Crippen molar-refractivity contribution in [3.05, 3.63) is 56.2 Å². The predicted octanol–water partition coefficient (Wildman–Crippen LogP) is 5.52. The molecule has 0 radical (unpaired) electrons. The molecule has 3 nitrogen and oxygen atoms in total. The number of benzene rings is 1. The Morgan fingerprint density at radius 1 is 1.20 bits per heavy atom. The zero-order valence-corrected chi connectivity index (χ0v) is 17.0. The average molecular weight is 422 g/mol. The number of thiophene rings is 1. The fourth-order valence-corrected chi connectivity index (χ4v) is 5.12. The van der Waals surface area contributed by atoms with Crippen molar-refractivity contribution in [1.29, 1.82) is 0 Å². The lowest BCUT2D eigenvalue weighted by Crippen LogP contribution is -2.41. The van der Waals surface area contributed by atoms with Gasteiger partial charge in [-0.2, -0.15) is 0 Å². The molecule has 3 rings (SSSR count). The highest BCUT2D eigenvalue weighted by Gasteiger charge is 2.31. The summed E-state index contributed by atoms with van der Waals surface area (Å²) in [6.07, 6.45) is 1.71. The van der Waals surface area contributed by atoms with E-state index in [1.807, 2.05) is 0 Å². The summed E-state index contributed by atoms with van der Waals surface area (Å²) in [5.41, 5.74) is 2.57. The van der Waals surface area contributed by atoms with E-state index in [0.29, 0.717) is 12.5 Å². The molecule has 1 fully saturated rings. The summed E-state index contributed by atoms with van der Waals surface area (Å²) in [5.74, 6) is -0.435. The molecule has 1 aliphatic rings. The van der Waals surface area contributed by atoms with Crippen LogP contribution in [0.1, 0.15) is 54.7 Å². The first-order valence-corrected chi connectivity index (χ1v) is 10.4. The first-order chi connectivity index (χ1) is 12.0. The van der Waals surface area contributed by atoms with Crippen LogP contribution in [0.15, 0.2) is 40.2 Å². The van der Waals surface area contributed by atoms with E-state index in [1.54, 1.807) is 11.3 Å². The van der Waals surface area contributed by atoms with Crippen molar-refractivity contribution >= 4 is 33.2 Å². The molecule has 0 saturated carbocycles. The number of carbonyl (C=O) groups is 1. The monoisotopic (exact) mass is 421 g/mol. The molecule has 0 amide bonds. The molecule has 25 heavy (non-hydrogen) atoms. The predicted molar refractivity (Wildman–Crippen MR) is 106 cm³/mol. The van der Waals surface area contributed by atoms with E-state index >= 15 is 0 Å². The molecule has 1 aromatic carbocycles. The normalized spacial score (nSPS) is 19.9. The molecule has 2 aromatic rings. The molecule has 0 aliphatic carbocycles. The number of halogens is 1. The van der Waals surface area contributed by atoms with Crippen LogP contribution in [0, 0.1) is 5.92 Å². The number of hydrogen-bond acceptors (Lipinski definition) is 3. The molecule has 2 heterocycles. The van der Waals surface area contributed by atoms with Crippen molar-refractivity contribution in [3.63, 3.8) is 0 Å². The number of aliphatic carboxylic acids is 1. The highest BCUT2D eigenvalue weighted by Crippen LogP contribution is 2.38. The fourth-order valence-electron chi connectivity index (χ4n) is 3.54. The van der Waals surface area contributed by atoms with Gasteiger partial charge in [0.2, 0.25) is 0 Å². The number of nitrogens with zero attached hydrogens (tertiary/aromatic N) is 1. The SMILES string of the molecule is CC(C)c1ccc(C(c2ccc(Br)s2)N2CCCC(C(=O)O)C2)cc1. The van der Waals surface area contributed by atoms with Gasteiger partial charge in [-0.25, -0.2) is 0 Å². The molecule has 1 aliphatic heterocycles. The van der Waals surface area contributed by atoms with Crippen molar-refractivity contribution in [1.82, 2.24) is 4.90 Å². The molecule has 1 saturated heterocycles. The van der Waals surface area contributed by atoms with Crippen LogP contribution in [0.2, 0.25) is 0 Å². The third-order valence-electron chi connectivity index (χ3n) is 4.95. The summed E-state index contributed by atoms with van der Waals surface area (Å²) in [6.45, 7) is 5.95. The molecule has 0 bridgehead atoms. The van der Waals surface area contributed by atoms with Crippen molar-refractivity contribution in [2.24, 2.45) is 5.92 Å². The van der Waals surface area contributed by atoms with Crippen molar-refractivity contribution in [2.75, 3.05) is 13.1 Å². The Labute approximate surface area is 161 Å². The van der Waals surface area contributed by atoms with E-state index in [0.717, 1.165) is 23.2 Å². The van der Waals surface area contributed by atoms with Gasteiger partial charge < -0.3 is 5.11 Å². The number of hydrogen-bond donors (Lipinski definition) is 1.